The predicted molar refractivity (Wildman–Crippen MR) is 88.8 cm³/mol. The smallest absolute Gasteiger partial charge is 0.339 e. The van der Waals surface area contributed by atoms with E-state index >= 15 is 0 Å². The molecule has 3 rings (SSSR count). The van der Waals surface area contributed by atoms with Crippen molar-refractivity contribution in [1.29, 1.82) is 0 Å². The van der Waals surface area contributed by atoms with Gasteiger partial charge in [0.05, 0.1) is 12.2 Å². The summed E-state index contributed by atoms with van der Waals surface area (Å²) in [5.74, 6) is 0.0833. The summed E-state index contributed by atoms with van der Waals surface area (Å²) in [7, 11) is 0. The molecule has 0 saturated carbocycles. The topological polar surface area (TPSA) is 78.1 Å². The molecular formula is C17H15N3O3S. The first kappa shape index (κ1) is 16.2. The van der Waals surface area contributed by atoms with Crippen LogP contribution in [0.25, 0.3) is 11.5 Å². The van der Waals surface area contributed by atoms with Gasteiger partial charge >= 0.3 is 5.97 Å². The highest BCUT2D eigenvalue weighted by molar-refractivity contribution is 7.99. The second-order valence-electron chi connectivity index (χ2n) is 4.90. The standard InChI is InChI=1S/C17H15N3O3S/c1-3-22-16(21)12-8-9-14(18-10-12)24-17-20-19-15(23-17)13-7-5-4-6-11(13)2/h4-10H,3H2,1-2H3. The van der Waals surface area contributed by atoms with E-state index in [0.29, 0.717) is 28.3 Å². The maximum absolute atomic E-state index is 11.6. The van der Waals surface area contributed by atoms with E-state index < -0.39 is 0 Å². The fourth-order valence-corrected chi connectivity index (χ4v) is 2.66. The molecule has 6 nitrogen and oxygen atoms in total. The number of carbonyl (C=O) groups excluding carboxylic acids is 1. The van der Waals surface area contributed by atoms with Crippen LogP contribution in [0.5, 0.6) is 0 Å². The summed E-state index contributed by atoms with van der Waals surface area (Å²) in [5.41, 5.74) is 2.38. The van der Waals surface area contributed by atoms with Gasteiger partial charge in [-0.2, -0.15) is 0 Å². The van der Waals surface area contributed by atoms with Gasteiger partial charge in [0.2, 0.25) is 5.89 Å². The Kier molecular flexibility index (Phi) is 4.90. The number of aryl methyl sites for hydroxylation is 1. The molecule has 122 valence electrons. The Balaban J connectivity index is 1.73. The van der Waals surface area contributed by atoms with Crippen LogP contribution in [-0.4, -0.2) is 27.8 Å². The Bertz CT molecular complexity index is 846. The van der Waals surface area contributed by atoms with E-state index in [1.165, 1.54) is 18.0 Å². The maximum Gasteiger partial charge on any atom is 0.339 e. The Hall–Kier alpha value is -2.67. The van der Waals surface area contributed by atoms with Crippen molar-refractivity contribution in [3.63, 3.8) is 0 Å². The van der Waals surface area contributed by atoms with Crippen molar-refractivity contribution in [2.24, 2.45) is 0 Å². The third-order valence-electron chi connectivity index (χ3n) is 3.22. The fraction of sp³-hybridized carbons (Fsp3) is 0.176. The van der Waals surface area contributed by atoms with Gasteiger partial charge in [0.1, 0.15) is 5.03 Å². The lowest BCUT2D eigenvalue weighted by atomic mass is 10.1. The lowest BCUT2D eigenvalue weighted by molar-refractivity contribution is 0.0525. The highest BCUT2D eigenvalue weighted by Gasteiger charge is 2.13. The summed E-state index contributed by atoms with van der Waals surface area (Å²) < 4.78 is 10.6. The van der Waals surface area contributed by atoms with Crippen molar-refractivity contribution in [2.75, 3.05) is 6.61 Å². The van der Waals surface area contributed by atoms with Gasteiger partial charge in [-0.15, -0.1) is 10.2 Å². The molecule has 0 N–H and O–H groups in total. The Morgan fingerprint density at radius 3 is 2.75 bits per heavy atom. The highest BCUT2D eigenvalue weighted by atomic mass is 32.2. The number of pyridine rings is 1. The number of aromatic nitrogens is 3. The lowest BCUT2D eigenvalue weighted by Crippen LogP contribution is -2.04. The second-order valence-corrected chi connectivity index (χ2v) is 5.87. The van der Waals surface area contributed by atoms with E-state index in [1.54, 1.807) is 19.1 Å². The summed E-state index contributed by atoms with van der Waals surface area (Å²) in [4.78, 5) is 15.8. The number of hydrogen-bond donors (Lipinski definition) is 0. The normalized spacial score (nSPS) is 10.6. The summed E-state index contributed by atoms with van der Waals surface area (Å²) >= 11 is 1.24. The molecule has 0 aliphatic heterocycles. The predicted octanol–water partition coefficient (Wildman–Crippen LogP) is 3.77. The maximum atomic E-state index is 11.6. The number of nitrogens with zero attached hydrogens (tertiary/aromatic N) is 3. The molecule has 0 atom stereocenters. The van der Waals surface area contributed by atoms with E-state index in [4.69, 9.17) is 9.15 Å². The van der Waals surface area contributed by atoms with Crippen LogP contribution >= 0.6 is 11.8 Å². The molecule has 2 heterocycles. The average molecular weight is 341 g/mol. The van der Waals surface area contributed by atoms with Crippen molar-refractivity contribution in [3.8, 4) is 11.5 Å². The number of hydrogen-bond acceptors (Lipinski definition) is 7. The minimum absolute atomic E-state index is 0.332. The van der Waals surface area contributed by atoms with Crippen molar-refractivity contribution >= 4 is 17.7 Å². The first-order valence-corrected chi connectivity index (χ1v) is 8.19. The third kappa shape index (κ3) is 3.62. The fourth-order valence-electron chi connectivity index (χ4n) is 2.04. The molecule has 0 spiro atoms. The first-order valence-electron chi connectivity index (χ1n) is 7.38. The Labute approximate surface area is 143 Å². The van der Waals surface area contributed by atoms with Gasteiger partial charge in [-0.05, 0) is 49.4 Å². The highest BCUT2D eigenvalue weighted by Crippen LogP contribution is 2.29. The van der Waals surface area contributed by atoms with E-state index in [-0.39, 0.29) is 5.97 Å². The molecule has 0 aliphatic carbocycles. The number of ether oxygens (including phenoxy) is 1. The lowest BCUT2D eigenvalue weighted by Gasteiger charge is -2.01. The number of carbonyl (C=O) groups is 1. The van der Waals surface area contributed by atoms with Gasteiger partial charge < -0.3 is 9.15 Å². The summed E-state index contributed by atoms with van der Waals surface area (Å²) in [5, 5.41) is 9.15. The molecule has 1 aromatic carbocycles. The number of esters is 1. The van der Waals surface area contributed by atoms with Crippen LogP contribution < -0.4 is 0 Å². The monoisotopic (exact) mass is 341 g/mol. The molecule has 0 radical (unpaired) electrons. The second kappa shape index (κ2) is 7.27. The first-order chi connectivity index (χ1) is 11.7. The summed E-state index contributed by atoms with van der Waals surface area (Å²) in [6.07, 6.45) is 1.47. The minimum Gasteiger partial charge on any atom is -0.462 e. The molecule has 0 unspecified atom stereocenters. The molecule has 0 amide bonds. The quantitative estimate of drug-likeness (QED) is 0.654. The number of benzene rings is 1. The summed E-state index contributed by atoms with van der Waals surface area (Å²) in [6.45, 7) is 4.08. The van der Waals surface area contributed by atoms with Crippen LogP contribution in [0.15, 0.2) is 57.3 Å². The molecule has 0 bridgehead atoms. The largest absolute Gasteiger partial charge is 0.462 e. The van der Waals surface area contributed by atoms with Crippen LogP contribution in [0.4, 0.5) is 0 Å². The van der Waals surface area contributed by atoms with Gasteiger partial charge in [0.15, 0.2) is 0 Å². The Morgan fingerprint density at radius 1 is 1.21 bits per heavy atom. The molecular weight excluding hydrogens is 326 g/mol. The van der Waals surface area contributed by atoms with Gasteiger partial charge in [0.25, 0.3) is 5.22 Å². The van der Waals surface area contributed by atoms with Crippen molar-refractivity contribution in [1.82, 2.24) is 15.2 Å². The zero-order chi connectivity index (χ0) is 16.9. The van der Waals surface area contributed by atoms with E-state index in [9.17, 15) is 4.79 Å². The average Bonchev–Trinajstić information content (AvgIpc) is 3.04. The van der Waals surface area contributed by atoms with Crippen LogP contribution in [-0.2, 0) is 4.74 Å². The van der Waals surface area contributed by atoms with Crippen LogP contribution in [0, 0.1) is 6.92 Å². The van der Waals surface area contributed by atoms with Crippen LogP contribution in [0.3, 0.4) is 0 Å². The van der Waals surface area contributed by atoms with Gasteiger partial charge in [-0.1, -0.05) is 18.2 Å². The van der Waals surface area contributed by atoms with Gasteiger partial charge in [-0.3, -0.25) is 0 Å². The van der Waals surface area contributed by atoms with E-state index in [0.717, 1.165) is 11.1 Å². The third-order valence-corrected chi connectivity index (χ3v) is 4.01. The minimum atomic E-state index is -0.388. The van der Waals surface area contributed by atoms with Gasteiger partial charge in [-0.25, -0.2) is 9.78 Å². The molecule has 0 aliphatic rings. The van der Waals surface area contributed by atoms with Crippen LogP contribution in [0.1, 0.15) is 22.8 Å². The molecule has 7 heteroatoms. The van der Waals surface area contributed by atoms with Crippen LogP contribution in [0.2, 0.25) is 0 Å². The number of rotatable bonds is 5. The van der Waals surface area contributed by atoms with E-state index in [2.05, 4.69) is 15.2 Å². The zero-order valence-electron chi connectivity index (χ0n) is 13.2. The molecule has 2 aromatic heterocycles. The van der Waals surface area contributed by atoms with Crippen molar-refractivity contribution in [2.45, 2.75) is 24.1 Å². The van der Waals surface area contributed by atoms with Crippen molar-refractivity contribution < 1.29 is 13.9 Å². The molecule has 3 aromatic rings. The SMILES string of the molecule is CCOC(=O)c1ccc(Sc2nnc(-c3ccccc3C)o2)nc1. The molecule has 0 fully saturated rings. The van der Waals surface area contributed by atoms with Crippen molar-refractivity contribution in [3.05, 3.63) is 53.7 Å². The molecule has 0 saturated heterocycles. The van der Waals surface area contributed by atoms with E-state index in [1.807, 2.05) is 31.2 Å². The zero-order valence-corrected chi connectivity index (χ0v) is 14.0. The van der Waals surface area contributed by atoms with Gasteiger partial charge in [0, 0.05) is 11.8 Å². The summed E-state index contributed by atoms with van der Waals surface area (Å²) in [6, 6.07) is 11.2. The Morgan fingerprint density at radius 2 is 2.04 bits per heavy atom. The molecule has 24 heavy (non-hydrogen) atoms.